The number of anilines is 18. The molecule has 0 unspecified atom stereocenters. The quantitative estimate of drug-likeness (QED) is 0.117. The Bertz CT molecular complexity index is 3440. The van der Waals surface area contributed by atoms with E-state index >= 15 is 0 Å². The summed E-state index contributed by atoms with van der Waals surface area (Å²) in [6.07, 6.45) is 0. The fraction of sp³-hybridized carbons (Fsp3) is 0.0769. The number of hydrogen-bond donors (Lipinski definition) is 0. The van der Waals surface area contributed by atoms with E-state index in [1.54, 1.807) is 42.7 Å². The van der Waals surface area contributed by atoms with E-state index in [2.05, 4.69) is 248 Å². The Balaban J connectivity index is 0.996. The molecular weight excluding hydrogens is 1120 g/mol. The van der Waals surface area contributed by atoms with Crippen molar-refractivity contribution in [2.45, 2.75) is 0 Å². The largest absolute Gasteiger partial charge is 0.497 e. The SMILES string of the molecule is COc1ccc(N2c3ccc(cc3)N(c3ccc(OC)cc3)c3ccc(cc3)N(c3ccc(OC)cc3)c3ccc(cc3)N(c3ccc(OC)cc3)c3ccc(cc3)N(c3ccc(OC)cc3)c3ccc(cc3)N(c3ccc(OC)cc3)c3ccc2cc3)cc1. The summed E-state index contributed by atoms with van der Waals surface area (Å²) in [4.78, 5) is 13.6. The molecule has 12 aromatic carbocycles. The summed E-state index contributed by atoms with van der Waals surface area (Å²) >= 11 is 0. The van der Waals surface area contributed by atoms with Crippen molar-refractivity contribution in [2.75, 3.05) is 72.1 Å². The van der Waals surface area contributed by atoms with E-state index in [0.717, 1.165) is 137 Å². The van der Waals surface area contributed by atoms with Gasteiger partial charge in [-0.1, -0.05) is 0 Å². The highest BCUT2D eigenvalue weighted by molar-refractivity contribution is 5.88. The summed E-state index contributed by atoms with van der Waals surface area (Å²) in [7, 11) is 10.1. The first-order valence-electron chi connectivity index (χ1n) is 29.6. The molecule has 0 aromatic heterocycles. The van der Waals surface area contributed by atoms with Gasteiger partial charge in [0.25, 0.3) is 0 Å². The van der Waals surface area contributed by atoms with Crippen LogP contribution in [0.15, 0.2) is 291 Å². The highest BCUT2D eigenvalue weighted by Crippen LogP contribution is 2.47. The molecule has 12 bridgehead atoms. The van der Waals surface area contributed by atoms with Crippen LogP contribution in [0.5, 0.6) is 34.5 Å². The van der Waals surface area contributed by atoms with Crippen LogP contribution in [0.4, 0.5) is 102 Å². The monoisotopic (exact) mass is 1180 g/mol. The molecule has 0 saturated carbocycles. The van der Waals surface area contributed by atoms with Crippen LogP contribution in [0, 0.1) is 0 Å². The zero-order valence-corrected chi connectivity index (χ0v) is 50.8. The van der Waals surface area contributed by atoms with E-state index in [0.29, 0.717) is 0 Å². The minimum Gasteiger partial charge on any atom is -0.497 e. The lowest BCUT2D eigenvalue weighted by Gasteiger charge is -2.31. The van der Waals surface area contributed by atoms with Crippen molar-refractivity contribution in [1.29, 1.82) is 0 Å². The third-order valence-corrected chi connectivity index (χ3v) is 16.2. The van der Waals surface area contributed by atoms with Gasteiger partial charge in [-0.3, -0.25) is 0 Å². The molecule has 0 N–H and O–H groups in total. The van der Waals surface area contributed by atoms with Gasteiger partial charge in [-0.15, -0.1) is 0 Å². The number of methoxy groups -OCH3 is 6. The predicted octanol–water partition coefficient (Wildman–Crippen LogP) is 20.9. The topological polar surface area (TPSA) is 74.8 Å². The summed E-state index contributed by atoms with van der Waals surface area (Å²) in [6.45, 7) is 0. The Kier molecular flexibility index (Phi) is 16.4. The van der Waals surface area contributed by atoms with Crippen LogP contribution in [0.2, 0.25) is 0 Å². The Labute approximate surface area is 525 Å². The van der Waals surface area contributed by atoms with Gasteiger partial charge in [0.1, 0.15) is 34.5 Å². The van der Waals surface area contributed by atoms with E-state index in [9.17, 15) is 0 Å². The molecule has 12 heteroatoms. The molecule has 0 aliphatic carbocycles. The Hall–Kier alpha value is -11.8. The van der Waals surface area contributed by atoms with E-state index in [4.69, 9.17) is 28.4 Å². The number of benzene rings is 12. The smallest absolute Gasteiger partial charge is 0.119 e. The number of rotatable bonds is 12. The van der Waals surface area contributed by atoms with Gasteiger partial charge in [0, 0.05) is 102 Å². The lowest BCUT2D eigenvalue weighted by molar-refractivity contribution is 0.414. The second-order valence-electron chi connectivity index (χ2n) is 21.3. The maximum Gasteiger partial charge on any atom is 0.119 e. The number of nitrogens with zero attached hydrogens (tertiary/aromatic N) is 6. The van der Waals surface area contributed by atoms with Crippen molar-refractivity contribution in [3.05, 3.63) is 291 Å². The lowest BCUT2D eigenvalue weighted by atomic mass is 10.1. The third-order valence-electron chi connectivity index (χ3n) is 16.2. The molecule has 22 rings (SSSR count). The van der Waals surface area contributed by atoms with Crippen molar-refractivity contribution in [3.8, 4) is 34.5 Å². The minimum atomic E-state index is 0.771. The molecule has 10 aliphatic rings. The van der Waals surface area contributed by atoms with Crippen LogP contribution in [-0.4, -0.2) is 42.7 Å². The van der Waals surface area contributed by atoms with E-state index < -0.39 is 0 Å². The Morgan fingerprint density at radius 2 is 0.189 bits per heavy atom. The maximum atomic E-state index is 5.65. The Morgan fingerprint density at radius 3 is 0.256 bits per heavy atom. The van der Waals surface area contributed by atoms with Crippen LogP contribution in [0.3, 0.4) is 0 Å². The molecule has 0 saturated heterocycles. The van der Waals surface area contributed by atoms with Crippen LogP contribution < -0.4 is 57.8 Å². The normalized spacial score (nSPS) is 12.2. The highest BCUT2D eigenvalue weighted by Gasteiger charge is 2.23. The van der Waals surface area contributed by atoms with Crippen LogP contribution in [0.25, 0.3) is 0 Å². The molecule has 0 radical (unpaired) electrons. The third kappa shape index (κ3) is 11.7. The second kappa shape index (κ2) is 25.7. The average molecular weight is 1180 g/mol. The van der Waals surface area contributed by atoms with Crippen LogP contribution in [-0.2, 0) is 0 Å². The zero-order chi connectivity index (χ0) is 61.5. The van der Waals surface area contributed by atoms with Crippen LogP contribution in [0.1, 0.15) is 0 Å². The van der Waals surface area contributed by atoms with Gasteiger partial charge < -0.3 is 57.8 Å². The van der Waals surface area contributed by atoms with Crippen molar-refractivity contribution < 1.29 is 28.4 Å². The fourth-order valence-corrected chi connectivity index (χ4v) is 11.6. The average Bonchev–Trinajstić information content (AvgIpc) is 0.938. The van der Waals surface area contributed by atoms with Gasteiger partial charge in [0.2, 0.25) is 0 Å². The molecule has 10 aliphatic heterocycles. The first-order valence-corrected chi connectivity index (χ1v) is 29.6. The van der Waals surface area contributed by atoms with Crippen molar-refractivity contribution >= 4 is 102 Å². The van der Waals surface area contributed by atoms with E-state index in [1.807, 2.05) is 72.8 Å². The first-order chi connectivity index (χ1) is 44.3. The molecule has 0 amide bonds. The Morgan fingerprint density at radius 1 is 0.122 bits per heavy atom. The van der Waals surface area contributed by atoms with E-state index in [1.165, 1.54) is 0 Å². The molecule has 0 fully saturated rings. The summed E-state index contributed by atoms with van der Waals surface area (Å²) in [5.74, 6) is 4.63. The predicted molar refractivity (Wildman–Crippen MR) is 367 cm³/mol. The van der Waals surface area contributed by atoms with Gasteiger partial charge in [-0.05, 0) is 291 Å². The minimum absolute atomic E-state index is 0.771. The molecule has 90 heavy (non-hydrogen) atoms. The van der Waals surface area contributed by atoms with Gasteiger partial charge in [0.15, 0.2) is 0 Å². The molecule has 0 atom stereocenters. The zero-order valence-electron chi connectivity index (χ0n) is 50.8. The van der Waals surface area contributed by atoms with Gasteiger partial charge in [-0.2, -0.15) is 0 Å². The molecule has 444 valence electrons. The summed E-state index contributed by atoms with van der Waals surface area (Å²) in [5, 5.41) is 0. The van der Waals surface area contributed by atoms with Crippen molar-refractivity contribution in [2.24, 2.45) is 0 Å². The van der Waals surface area contributed by atoms with Gasteiger partial charge >= 0.3 is 0 Å². The summed E-state index contributed by atoms with van der Waals surface area (Å²) < 4.78 is 33.9. The summed E-state index contributed by atoms with van der Waals surface area (Å²) in [5.41, 5.74) is 17.4. The molecule has 0 spiro atoms. The van der Waals surface area contributed by atoms with Crippen LogP contribution >= 0.6 is 0 Å². The number of ether oxygens (including phenoxy) is 6. The summed E-state index contributed by atoms with van der Waals surface area (Å²) in [6, 6.07) is 101. The molecular formula is C78H66N6O6. The van der Waals surface area contributed by atoms with Gasteiger partial charge in [0.05, 0.1) is 42.7 Å². The highest BCUT2D eigenvalue weighted by atomic mass is 16.5. The van der Waals surface area contributed by atoms with E-state index in [-0.39, 0.29) is 0 Å². The number of hydrogen-bond acceptors (Lipinski definition) is 12. The molecule has 12 aromatic rings. The van der Waals surface area contributed by atoms with Gasteiger partial charge in [-0.25, -0.2) is 0 Å². The second-order valence-corrected chi connectivity index (χ2v) is 21.3. The van der Waals surface area contributed by atoms with Crippen molar-refractivity contribution in [3.63, 3.8) is 0 Å². The maximum absolute atomic E-state index is 5.65. The van der Waals surface area contributed by atoms with Crippen molar-refractivity contribution in [1.82, 2.24) is 0 Å². The lowest BCUT2D eigenvalue weighted by Crippen LogP contribution is -2.14. The molecule has 12 nitrogen and oxygen atoms in total. The first kappa shape index (κ1) is 57.3. The standard InChI is InChI=1S/C78H66N6O6/c1-85-73-43-31-67(32-44-73)79-55-7-11-57(12-8-55)80(68-33-45-74(86-2)46-34-68)59-15-19-61(20-16-59)82(70-37-49-76(88-4)50-38-70)63-23-27-65(28-24-63)84(72-41-53-78(90-6)54-42-72)66-29-25-64(26-30-66)83(71-39-51-77(89-5)52-40-71)62-21-17-60(18-22-62)81(58-13-9-56(79)10-14-58)69-35-47-75(87-3)48-36-69/h7-54H,1-6H3. The molecule has 10 heterocycles. The fourth-order valence-electron chi connectivity index (χ4n) is 11.6.